The molecule has 7 nitrogen and oxygen atoms in total. The first-order valence-electron chi connectivity index (χ1n) is 12.6. The molecule has 4 fully saturated rings. The molecule has 0 spiro atoms. The number of halogens is 1. The van der Waals surface area contributed by atoms with E-state index in [-0.39, 0.29) is 47.6 Å². The summed E-state index contributed by atoms with van der Waals surface area (Å²) in [5.74, 6) is 1.17. The summed E-state index contributed by atoms with van der Waals surface area (Å²) in [5, 5.41) is 11.2. The van der Waals surface area contributed by atoms with Crippen molar-refractivity contribution in [2.45, 2.75) is 101 Å². The number of primary amides is 1. The molecule has 4 rings (SSSR count). The van der Waals surface area contributed by atoms with Crippen molar-refractivity contribution in [3.8, 4) is 0 Å². The number of fused-ring (bicyclic) bond motifs is 1. The van der Waals surface area contributed by atoms with Crippen LogP contribution in [0.1, 0.15) is 77.0 Å². The van der Waals surface area contributed by atoms with Crippen LogP contribution in [-0.4, -0.2) is 53.4 Å². The number of hydrogen-bond acceptors (Lipinski definition) is 4. The normalized spacial score (nSPS) is 40.4. The maximum atomic E-state index is 13.5. The van der Waals surface area contributed by atoms with Crippen molar-refractivity contribution < 1.29 is 14.0 Å². The first kappa shape index (κ1) is 23.5. The lowest BCUT2D eigenvalue weighted by molar-refractivity contribution is -0.127. The van der Waals surface area contributed by atoms with Gasteiger partial charge in [0.25, 0.3) is 0 Å². The minimum atomic E-state index is -0.729. The van der Waals surface area contributed by atoms with Crippen LogP contribution in [0.2, 0.25) is 0 Å². The number of carbonyl (C=O) groups excluding carboxylic acids is 2. The molecular weight excluding hydrogens is 409 g/mol. The SMILES string of the molecule is N=C(N)C1CCC2CC(C(=O)NC3CCC(F)CC3)N(CC3CCC(C(N)=O)CC3)C2C1. The molecule has 180 valence electrons. The molecule has 0 aromatic rings. The van der Waals surface area contributed by atoms with E-state index in [1.54, 1.807) is 0 Å². The second-order valence-corrected chi connectivity index (χ2v) is 10.8. The van der Waals surface area contributed by atoms with Gasteiger partial charge in [0.05, 0.1) is 11.9 Å². The number of likely N-dealkylation sites (tertiary alicyclic amines) is 1. The number of nitrogens with zero attached hydrogens (tertiary/aromatic N) is 1. The minimum absolute atomic E-state index is 0.0147. The highest BCUT2D eigenvalue weighted by molar-refractivity contribution is 5.83. The Morgan fingerprint density at radius 2 is 1.56 bits per heavy atom. The number of hydrogen-bond donors (Lipinski definition) is 4. The summed E-state index contributed by atoms with van der Waals surface area (Å²) in [4.78, 5) is 27.3. The van der Waals surface area contributed by atoms with Crippen LogP contribution < -0.4 is 16.8 Å². The molecular formula is C24H40FN5O2. The Labute approximate surface area is 190 Å². The zero-order chi connectivity index (χ0) is 22.8. The Morgan fingerprint density at radius 3 is 2.19 bits per heavy atom. The van der Waals surface area contributed by atoms with E-state index in [0.29, 0.717) is 24.7 Å². The first-order chi connectivity index (χ1) is 15.3. The van der Waals surface area contributed by atoms with Crippen molar-refractivity contribution in [1.29, 1.82) is 5.41 Å². The van der Waals surface area contributed by atoms with Crippen molar-refractivity contribution >= 4 is 17.6 Å². The van der Waals surface area contributed by atoms with Gasteiger partial charge in [0.2, 0.25) is 11.8 Å². The second-order valence-electron chi connectivity index (χ2n) is 10.8. The van der Waals surface area contributed by atoms with E-state index in [0.717, 1.165) is 70.8 Å². The molecule has 3 aliphatic carbocycles. The van der Waals surface area contributed by atoms with E-state index in [1.165, 1.54) is 0 Å². The standard InChI is InChI=1S/C24H40FN5O2/c25-18-7-9-19(10-8-18)29-24(32)21-11-16-5-6-17(22(26)27)12-20(16)30(21)13-14-1-3-15(4-2-14)23(28)31/h14-21H,1-13H2,(H3,26,27)(H2,28,31)(H,29,32). The monoisotopic (exact) mass is 449 g/mol. The average Bonchev–Trinajstić information content (AvgIpc) is 3.13. The van der Waals surface area contributed by atoms with E-state index in [2.05, 4.69) is 10.2 Å². The Morgan fingerprint density at radius 1 is 0.906 bits per heavy atom. The first-order valence-corrected chi connectivity index (χ1v) is 12.6. The fourth-order valence-corrected chi connectivity index (χ4v) is 6.77. The lowest BCUT2D eigenvalue weighted by Gasteiger charge is -2.39. The molecule has 0 aromatic heterocycles. The zero-order valence-corrected chi connectivity index (χ0v) is 19.1. The number of amidine groups is 1. The second kappa shape index (κ2) is 10.1. The average molecular weight is 450 g/mol. The maximum Gasteiger partial charge on any atom is 0.237 e. The summed E-state index contributed by atoms with van der Waals surface area (Å²) in [6.45, 7) is 0.854. The smallest absolute Gasteiger partial charge is 0.237 e. The molecule has 1 saturated heterocycles. The minimum Gasteiger partial charge on any atom is -0.387 e. The third kappa shape index (κ3) is 5.26. The fourth-order valence-electron chi connectivity index (χ4n) is 6.77. The zero-order valence-electron chi connectivity index (χ0n) is 19.1. The molecule has 6 N–H and O–H groups in total. The molecule has 4 unspecified atom stereocenters. The molecule has 8 heteroatoms. The predicted octanol–water partition coefficient (Wildman–Crippen LogP) is 2.47. The topological polar surface area (TPSA) is 125 Å². The van der Waals surface area contributed by atoms with E-state index < -0.39 is 6.17 Å². The molecule has 32 heavy (non-hydrogen) atoms. The number of carbonyl (C=O) groups is 2. The van der Waals surface area contributed by atoms with Crippen molar-refractivity contribution in [2.75, 3.05) is 6.54 Å². The number of nitrogens with two attached hydrogens (primary N) is 2. The van der Waals surface area contributed by atoms with Crippen LogP contribution in [-0.2, 0) is 9.59 Å². The van der Waals surface area contributed by atoms with Crippen LogP contribution in [0.5, 0.6) is 0 Å². The molecule has 0 bridgehead atoms. The van der Waals surface area contributed by atoms with Gasteiger partial charge in [-0.3, -0.25) is 19.9 Å². The van der Waals surface area contributed by atoms with Gasteiger partial charge in [-0.1, -0.05) is 0 Å². The van der Waals surface area contributed by atoms with Gasteiger partial charge >= 0.3 is 0 Å². The Bertz CT molecular complexity index is 703. The van der Waals surface area contributed by atoms with Crippen LogP contribution in [0.3, 0.4) is 0 Å². The highest BCUT2D eigenvalue weighted by Crippen LogP contribution is 2.43. The van der Waals surface area contributed by atoms with Gasteiger partial charge in [-0.2, -0.15) is 0 Å². The fraction of sp³-hybridized carbons (Fsp3) is 0.875. The Balaban J connectivity index is 1.43. The molecule has 0 radical (unpaired) electrons. The Hall–Kier alpha value is -1.70. The van der Waals surface area contributed by atoms with Gasteiger partial charge in [0.15, 0.2) is 0 Å². The molecule has 3 saturated carbocycles. The molecule has 1 aliphatic heterocycles. The molecule has 1 heterocycles. The summed E-state index contributed by atoms with van der Waals surface area (Å²) >= 11 is 0. The number of amides is 2. The number of nitrogens with one attached hydrogen (secondary N) is 2. The van der Waals surface area contributed by atoms with Crippen LogP contribution >= 0.6 is 0 Å². The van der Waals surface area contributed by atoms with Gasteiger partial charge in [0.1, 0.15) is 6.17 Å². The van der Waals surface area contributed by atoms with Gasteiger partial charge in [-0.05, 0) is 88.9 Å². The maximum absolute atomic E-state index is 13.5. The van der Waals surface area contributed by atoms with Crippen molar-refractivity contribution in [3.05, 3.63) is 0 Å². The summed E-state index contributed by atoms with van der Waals surface area (Å²) in [7, 11) is 0. The number of alkyl halides is 1. The van der Waals surface area contributed by atoms with Gasteiger partial charge < -0.3 is 16.8 Å². The molecule has 2 amide bonds. The summed E-state index contributed by atoms with van der Waals surface area (Å²) in [5.41, 5.74) is 11.4. The van der Waals surface area contributed by atoms with Gasteiger partial charge in [-0.15, -0.1) is 0 Å². The van der Waals surface area contributed by atoms with Crippen LogP contribution in [0.15, 0.2) is 0 Å². The highest BCUT2D eigenvalue weighted by atomic mass is 19.1. The third-order valence-electron chi connectivity index (χ3n) is 8.77. The van der Waals surface area contributed by atoms with E-state index >= 15 is 0 Å². The molecule has 4 aliphatic rings. The summed E-state index contributed by atoms with van der Waals surface area (Å²) in [6.07, 6.45) is 9.03. The molecule has 4 atom stereocenters. The lowest BCUT2D eigenvalue weighted by Crippen LogP contribution is -2.52. The van der Waals surface area contributed by atoms with Crippen LogP contribution in [0.4, 0.5) is 4.39 Å². The Kier molecular flexibility index (Phi) is 7.37. The molecule has 0 aromatic carbocycles. The largest absolute Gasteiger partial charge is 0.387 e. The lowest BCUT2D eigenvalue weighted by atomic mass is 9.77. The summed E-state index contributed by atoms with van der Waals surface area (Å²) in [6, 6.07) is 0.200. The summed E-state index contributed by atoms with van der Waals surface area (Å²) < 4.78 is 13.5. The van der Waals surface area contributed by atoms with Gasteiger partial charge in [0, 0.05) is 30.5 Å². The van der Waals surface area contributed by atoms with Crippen molar-refractivity contribution in [2.24, 2.45) is 35.1 Å². The van der Waals surface area contributed by atoms with E-state index in [9.17, 15) is 14.0 Å². The van der Waals surface area contributed by atoms with Crippen molar-refractivity contribution in [1.82, 2.24) is 10.2 Å². The van der Waals surface area contributed by atoms with E-state index in [1.807, 2.05) is 0 Å². The van der Waals surface area contributed by atoms with Crippen LogP contribution in [0, 0.1) is 29.1 Å². The third-order valence-corrected chi connectivity index (χ3v) is 8.77. The number of rotatable bonds is 6. The van der Waals surface area contributed by atoms with E-state index in [4.69, 9.17) is 16.9 Å². The van der Waals surface area contributed by atoms with Crippen LogP contribution in [0.25, 0.3) is 0 Å². The van der Waals surface area contributed by atoms with Crippen molar-refractivity contribution in [3.63, 3.8) is 0 Å². The quantitative estimate of drug-likeness (QED) is 0.367. The highest BCUT2D eigenvalue weighted by Gasteiger charge is 2.48. The van der Waals surface area contributed by atoms with Gasteiger partial charge in [-0.25, -0.2) is 4.39 Å². The predicted molar refractivity (Wildman–Crippen MR) is 122 cm³/mol.